The number of carbonyl (C=O) groups is 1. The number of aromatic carboxylic acids is 1. The van der Waals surface area contributed by atoms with Crippen LogP contribution < -0.4 is 9.47 Å². The Morgan fingerprint density at radius 3 is 2.43 bits per heavy atom. The number of carboxylic acids is 1. The monoisotopic (exact) mass is 326 g/mol. The van der Waals surface area contributed by atoms with Crippen molar-refractivity contribution >= 4 is 5.97 Å². The van der Waals surface area contributed by atoms with Crippen LogP contribution in [-0.4, -0.2) is 24.0 Å². The van der Waals surface area contributed by atoms with E-state index in [9.17, 15) is 23.1 Å². The summed E-state index contributed by atoms with van der Waals surface area (Å²) in [6.45, 7) is 1.97. The number of para-hydroxylation sites is 1. The van der Waals surface area contributed by atoms with Gasteiger partial charge in [-0.25, -0.2) is 4.79 Å². The van der Waals surface area contributed by atoms with E-state index in [0.29, 0.717) is 0 Å². The first-order chi connectivity index (χ1) is 10.8. The maximum atomic E-state index is 12.5. The molecule has 2 rings (SSSR count). The van der Waals surface area contributed by atoms with E-state index in [1.807, 2.05) is 0 Å². The summed E-state index contributed by atoms with van der Waals surface area (Å²) in [5.41, 5.74) is 0.284. The van der Waals surface area contributed by atoms with Crippen LogP contribution >= 0.6 is 0 Å². The minimum absolute atomic E-state index is 0.133. The van der Waals surface area contributed by atoms with Crippen LogP contribution in [0.25, 0.3) is 11.1 Å². The molecule has 1 N–H and O–H groups in total. The normalized spacial score (nSPS) is 11.1. The molecule has 4 nitrogen and oxygen atoms in total. The maximum absolute atomic E-state index is 12.5. The second-order valence-electron chi connectivity index (χ2n) is 4.49. The highest BCUT2D eigenvalue weighted by Crippen LogP contribution is 2.35. The minimum atomic E-state index is -4.84. The molecular formula is C16H13F3O4. The molecule has 0 heterocycles. The van der Waals surface area contributed by atoms with Crippen molar-refractivity contribution in [1.29, 1.82) is 0 Å². The molecule has 0 fully saturated rings. The SMILES string of the molecule is CCOc1ccc(-c2ccccc2OC(F)(F)F)cc1C(=O)O. The quantitative estimate of drug-likeness (QED) is 0.887. The molecular weight excluding hydrogens is 313 g/mol. The molecule has 0 saturated carbocycles. The number of hydrogen-bond acceptors (Lipinski definition) is 3. The third-order valence-electron chi connectivity index (χ3n) is 2.93. The van der Waals surface area contributed by atoms with Gasteiger partial charge in [0.05, 0.1) is 6.61 Å². The van der Waals surface area contributed by atoms with E-state index in [-0.39, 0.29) is 29.0 Å². The van der Waals surface area contributed by atoms with Gasteiger partial charge < -0.3 is 14.6 Å². The average molecular weight is 326 g/mol. The zero-order valence-corrected chi connectivity index (χ0v) is 12.1. The van der Waals surface area contributed by atoms with Gasteiger partial charge in [0.1, 0.15) is 17.1 Å². The highest BCUT2D eigenvalue weighted by molar-refractivity contribution is 5.93. The van der Waals surface area contributed by atoms with Crippen molar-refractivity contribution in [2.75, 3.05) is 6.61 Å². The molecule has 0 spiro atoms. The maximum Gasteiger partial charge on any atom is 0.573 e. The van der Waals surface area contributed by atoms with E-state index in [4.69, 9.17) is 4.74 Å². The lowest BCUT2D eigenvalue weighted by Crippen LogP contribution is -2.17. The van der Waals surface area contributed by atoms with Crippen LogP contribution in [0.5, 0.6) is 11.5 Å². The first-order valence-electron chi connectivity index (χ1n) is 6.67. The van der Waals surface area contributed by atoms with E-state index in [1.165, 1.54) is 42.5 Å². The summed E-state index contributed by atoms with van der Waals surface area (Å²) >= 11 is 0. The second kappa shape index (κ2) is 6.60. The van der Waals surface area contributed by atoms with E-state index in [0.717, 1.165) is 0 Å². The fraction of sp³-hybridized carbons (Fsp3) is 0.188. The largest absolute Gasteiger partial charge is 0.573 e. The topological polar surface area (TPSA) is 55.8 Å². The Hall–Kier alpha value is -2.70. The van der Waals surface area contributed by atoms with Crippen molar-refractivity contribution in [1.82, 2.24) is 0 Å². The predicted octanol–water partition coefficient (Wildman–Crippen LogP) is 4.35. The van der Waals surface area contributed by atoms with Crippen LogP contribution in [0.2, 0.25) is 0 Å². The molecule has 0 radical (unpaired) electrons. The van der Waals surface area contributed by atoms with Gasteiger partial charge in [-0.1, -0.05) is 24.3 Å². The van der Waals surface area contributed by atoms with E-state index >= 15 is 0 Å². The zero-order chi connectivity index (χ0) is 17.0. The molecule has 23 heavy (non-hydrogen) atoms. The first-order valence-corrected chi connectivity index (χ1v) is 6.67. The van der Waals surface area contributed by atoms with Crippen molar-refractivity contribution in [3.8, 4) is 22.6 Å². The van der Waals surface area contributed by atoms with Gasteiger partial charge in [0.2, 0.25) is 0 Å². The van der Waals surface area contributed by atoms with Crippen LogP contribution in [-0.2, 0) is 0 Å². The van der Waals surface area contributed by atoms with Crippen molar-refractivity contribution in [3.05, 3.63) is 48.0 Å². The molecule has 0 bridgehead atoms. The van der Waals surface area contributed by atoms with E-state index in [1.54, 1.807) is 6.92 Å². The van der Waals surface area contributed by atoms with E-state index in [2.05, 4.69) is 4.74 Å². The van der Waals surface area contributed by atoms with Gasteiger partial charge in [-0.05, 0) is 30.7 Å². The summed E-state index contributed by atoms with van der Waals surface area (Å²) in [5, 5.41) is 9.23. The molecule has 0 aliphatic rings. The predicted molar refractivity (Wildman–Crippen MR) is 76.7 cm³/mol. The number of alkyl halides is 3. The van der Waals surface area contributed by atoms with Crippen LogP contribution in [0.1, 0.15) is 17.3 Å². The van der Waals surface area contributed by atoms with Gasteiger partial charge in [0.25, 0.3) is 0 Å². The van der Waals surface area contributed by atoms with Gasteiger partial charge >= 0.3 is 12.3 Å². The standard InChI is InChI=1S/C16H13F3O4/c1-2-22-13-8-7-10(9-12(13)15(20)21)11-5-3-4-6-14(11)23-16(17,18)19/h3-9H,2H2,1H3,(H,20,21). The third kappa shape index (κ3) is 4.15. The minimum Gasteiger partial charge on any atom is -0.493 e. The molecule has 2 aromatic carbocycles. The fourth-order valence-electron chi connectivity index (χ4n) is 2.06. The fourth-order valence-corrected chi connectivity index (χ4v) is 2.06. The number of rotatable bonds is 5. The molecule has 0 aromatic heterocycles. The van der Waals surface area contributed by atoms with Crippen LogP contribution in [0.15, 0.2) is 42.5 Å². The summed E-state index contributed by atoms with van der Waals surface area (Å²) < 4.78 is 46.6. The Morgan fingerprint density at radius 1 is 1.13 bits per heavy atom. The lowest BCUT2D eigenvalue weighted by molar-refractivity contribution is -0.274. The molecule has 2 aromatic rings. The number of ether oxygens (including phenoxy) is 2. The Labute approximate surface area is 130 Å². The molecule has 0 aliphatic heterocycles. The van der Waals surface area contributed by atoms with Gasteiger partial charge in [-0.3, -0.25) is 0 Å². The van der Waals surface area contributed by atoms with Crippen LogP contribution in [0.3, 0.4) is 0 Å². The molecule has 0 atom stereocenters. The molecule has 7 heteroatoms. The molecule has 0 saturated heterocycles. The number of halogens is 3. The van der Waals surface area contributed by atoms with Crippen LogP contribution in [0, 0.1) is 0 Å². The highest BCUT2D eigenvalue weighted by Gasteiger charge is 2.32. The smallest absolute Gasteiger partial charge is 0.493 e. The number of carboxylic acid groups (broad SMARTS) is 1. The molecule has 0 amide bonds. The van der Waals surface area contributed by atoms with Gasteiger partial charge in [0.15, 0.2) is 0 Å². The summed E-state index contributed by atoms with van der Waals surface area (Å²) in [5.74, 6) is -1.48. The Bertz CT molecular complexity index is 711. The Kier molecular flexibility index (Phi) is 4.78. The molecule has 122 valence electrons. The first kappa shape index (κ1) is 16.7. The van der Waals surface area contributed by atoms with Crippen molar-refractivity contribution in [3.63, 3.8) is 0 Å². The van der Waals surface area contributed by atoms with Crippen molar-refractivity contribution in [2.24, 2.45) is 0 Å². The number of benzene rings is 2. The third-order valence-corrected chi connectivity index (χ3v) is 2.93. The highest BCUT2D eigenvalue weighted by atomic mass is 19.4. The molecule has 0 unspecified atom stereocenters. The average Bonchev–Trinajstić information content (AvgIpc) is 2.47. The van der Waals surface area contributed by atoms with E-state index < -0.39 is 18.1 Å². The summed E-state index contributed by atoms with van der Waals surface area (Å²) in [4.78, 5) is 11.3. The van der Waals surface area contributed by atoms with Gasteiger partial charge in [-0.2, -0.15) is 0 Å². The Balaban J connectivity index is 2.51. The lowest BCUT2D eigenvalue weighted by atomic mass is 10.0. The zero-order valence-electron chi connectivity index (χ0n) is 12.1. The number of hydrogen-bond donors (Lipinski definition) is 1. The van der Waals surface area contributed by atoms with Crippen molar-refractivity contribution < 1.29 is 32.5 Å². The summed E-state index contributed by atoms with van der Waals surface area (Å²) in [7, 11) is 0. The lowest BCUT2D eigenvalue weighted by Gasteiger charge is -2.14. The van der Waals surface area contributed by atoms with Crippen molar-refractivity contribution in [2.45, 2.75) is 13.3 Å². The summed E-state index contributed by atoms with van der Waals surface area (Å²) in [6.07, 6.45) is -4.84. The Morgan fingerprint density at radius 2 is 1.83 bits per heavy atom. The molecule has 0 aliphatic carbocycles. The summed E-state index contributed by atoms with van der Waals surface area (Å²) in [6, 6.07) is 9.67. The van der Waals surface area contributed by atoms with Gasteiger partial charge in [0, 0.05) is 5.56 Å². The van der Waals surface area contributed by atoms with Gasteiger partial charge in [-0.15, -0.1) is 13.2 Å². The van der Waals surface area contributed by atoms with Crippen LogP contribution in [0.4, 0.5) is 13.2 Å². The second-order valence-corrected chi connectivity index (χ2v) is 4.49.